The maximum atomic E-state index is 5.48. The zero-order valence-corrected chi connectivity index (χ0v) is 38.5. The highest BCUT2D eigenvalue weighted by Crippen LogP contribution is 2.45. The summed E-state index contributed by atoms with van der Waals surface area (Å²) in [5.74, 6) is 1.86. The Bertz CT molecular complexity index is 4540. The van der Waals surface area contributed by atoms with Crippen LogP contribution >= 0.6 is 11.3 Å². The predicted molar refractivity (Wildman–Crippen MR) is 296 cm³/mol. The van der Waals surface area contributed by atoms with Crippen LogP contribution < -0.4 is 0 Å². The lowest BCUT2D eigenvalue weighted by molar-refractivity contribution is 1.07. The third kappa shape index (κ3) is 6.05. The number of nitrogens with zero attached hydrogens (tertiary/aromatic N) is 4. The van der Waals surface area contributed by atoms with Crippen molar-refractivity contribution in [3.63, 3.8) is 0 Å². The van der Waals surface area contributed by atoms with Gasteiger partial charge in [-0.15, -0.1) is 11.3 Å². The number of fused-ring (bicyclic) bond motifs is 13. The number of rotatable bonds is 5. The summed E-state index contributed by atoms with van der Waals surface area (Å²) in [5, 5.41) is 16.9. The van der Waals surface area contributed by atoms with E-state index in [2.05, 4.69) is 235 Å². The second-order valence-electron chi connectivity index (χ2n) is 18.3. The number of thiophene rings is 1. The van der Waals surface area contributed by atoms with Crippen molar-refractivity contribution in [1.82, 2.24) is 19.5 Å². The van der Waals surface area contributed by atoms with Crippen LogP contribution in [0.15, 0.2) is 231 Å². The third-order valence-corrected chi connectivity index (χ3v) is 15.6. The van der Waals surface area contributed by atoms with E-state index < -0.39 is 0 Å². The van der Waals surface area contributed by atoms with Crippen LogP contribution in [0.5, 0.6) is 0 Å². The minimum Gasteiger partial charge on any atom is -0.309 e. The van der Waals surface area contributed by atoms with E-state index in [1.165, 1.54) is 74.0 Å². The van der Waals surface area contributed by atoms with Gasteiger partial charge in [-0.2, -0.15) is 0 Å². The molecule has 0 aliphatic rings. The van der Waals surface area contributed by atoms with E-state index in [0.29, 0.717) is 17.5 Å². The van der Waals surface area contributed by atoms with Gasteiger partial charge >= 0.3 is 0 Å². The fraction of sp³-hybridized carbons (Fsp3) is 0. The maximum absolute atomic E-state index is 5.48. The quantitative estimate of drug-likeness (QED) is 0.162. The standard InChI is InChI=1S/C65H38N4S/c1-2-15-42-37-60-58(36-41(42)14-1)52-18-7-9-22-59(52)69(60)47-30-33-56(57(38-47)55-21-11-20-54-53-19-8-10-23-61(53)70-62(54)55)65-67-63(45-28-31-50-43(34-45)26-24-39-12-3-5-16-48(39)50)66-64(68-65)46-29-32-51-44(35-46)27-25-40-13-4-6-17-49(40)51/h1-38H. The minimum atomic E-state index is 0.616. The highest BCUT2D eigenvalue weighted by molar-refractivity contribution is 7.26. The van der Waals surface area contributed by atoms with E-state index in [4.69, 9.17) is 15.0 Å². The molecule has 3 aromatic heterocycles. The van der Waals surface area contributed by atoms with Crippen LogP contribution in [-0.4, -0.2) is 19.5 Å². The van der Waals surface area contributed by atoms with Gasteiger partial charge < -0.3 is 4.57 Å². The molecule has 4 nitrogen and oxygen atoms in total. The van der Waals surface area contributed by atoms with E-state index in [9.17, 15) is 0 Å². The van der Waals surface area contributed by atoms with Crippen LogP contribution in [0.1, 0.15) is 0 Å². The molecule has 5 heteroatoms. The summed E-state index contributed by atoms with van der Waals surface area (Å²) in [7, 11) is 0. The summed E-state index contributed by atoms with van der Waals surface area (Å²) in [5.41, 5.74) is 8.38. The summed E-state index contributed by atoms with van der Waals surface area (Å²) in [6.07, 6.45) is 0. The first-order valence-electron chi connectivity index (χ1n) is 23.7. The molecule has 0 radical (unpaired) electrons. The predicted octanol–water partition coefficient (Wildman–Crippen LogP) is 17.8. The van der Waals surface area contributed by atoms with Crippen LogP contribution in [0.2, 0.25) is 0 Å². The zero-order valence-electron chi connectivity index (χ0n) is 37.6. The maximum Gasteiger partial charge on any atom is 0.164 e. The lowest BCUT2D eigenvalue weighted by Crippen LogP contribution is -2.02. The van der Waals surface area contributed by atoms with E-state index in [1.807, 2.05) is 11.3 Å². The van der Waals surface area contributed by atoms with Crippen molar-refractivity contribution >= 4 is 107 Å². The van der Waals surface area contributed by atoms with E-state index in [1.54, 1.807) is 0 Å². The molecule has 0 saturated heterocycles. The Morgan fingerprint density at radius 3 is 1.53 bits per heavy atom. The average molecular weight is 907 g/mol. The molecule has 0 amide bonds. The molecule has 0 fully saturated rings. The largest absolute Gasteiger partial charge is 0.309 e. The third-order valence-electron chi connectivity index (χ3n) is 14.4. The molecule has 0 unspecified atom stereocenters. The van der Waals surface area contributed by atoms with Gasteiger partial charge in [0, 0.05) is 58.9 Å². The van der Waals surface area contributed by atoms with Crippen molar-refractivity contribution in [2.75, 3.05) is 0 Å². The Morgan fingerprint density at radius 2 is 0.829 bits per heavy atom. The van der Waals surface area contributed by atoms with Crippen LogP contribution in [0.4, 0.5) is 0 Å². The second kappa shape index (κ2) is 15.2. The number of para-hydroxylation sites is 1. The van der Waals surface area contributed by atoms with Crippen molar-refractivity contribution in [3.05, 3.63) is 231 Å². The lowest BCUT2D eigenvalue weighted by Gasteiger charge is -2.16. The Labute approximate surface area is 406 Å². The Morgan fingerprint density at radius 1 is 0.286 bits per heavy atom. The van der Waals surface area contributed by atoms with Crippen molar-refractivity contribution in [3.8, 4) is 51.0 Å². The number of hydrogen-bond acceptors (Lipinski definition) is 4. The summed E-state index contributed by atoms with van der Waals surface area (Å²) in [4.78, 5) is 16.3. The smallest absolute Gasteiger partial charge is 0.164 e. The van der Waals surface area contributed by atoms with Crippen molar-refractivity contribution in [1.29, 1.82) is 0 Å². The first-order valence-corrected chi connectivity index (χ1v) is 24.6. The molecule has 0 spiro atoms. The molecular formula is C65H38N4S. The molecule has 0 atom stereocenters. The molecule has 324 valence electrons. The van der Waals surface area contributed by atoms with Gasteiger partial charge in [-0.3, -0.25) is 0 Å². The van der Waals surface area contributed by atoms with Gasteiger partial charge in [-0.25, -0.2) is 15.0 Å². The van der Waals surface area contributed by atoms with Gasteiger partial charge in [0.25, 0.3) is 0 Å². The molecule has 0 N–H and O–H groups in total. The molecule has 0 aliphatic carbocycles. The molecule has 0 bridgehead atoms. The molecule has 15 aromatic rings. The Hall–Kier alpha value is -9.03. The van der Waals surface area contributed by atoms with Crippen LogP contribution in [0.3, 0.4) is 0 Å². The Balaban J connectivity index is 1.00. The number of hydrogen-bond donors (Lipinski definition) is 0. The first-order chi connectivity index (χ1) is 34.7. The summed E-state index contributed by atoms with van der Waals surface area (Å²) < 4.78 is 4.92. The van der Waals surface area contributed by atoms with Gasteiger partial charge in [-0.1, -0.05) is 176 Å². The van der Waals surface area contributed by atoms with Gasteiger partial charge in [-0.05, 0) is 114 Å². The average Bonchev–Trinajstić information content (AvgIpc) is 3.97. The topological polar surface area (TPSA) is 43.6 Å². The first kappa shape index (κ1) is 39.0. The fourth-order valence-electron chi connectivity index (χ4n) is 11.0. The number of aromatic nitrogens is 4. The SMILES string of the molecule is c1ccc2cc3c(cc2c1)c1ccccc1n3-c1ccc(-c2nc(-c3ccc4c(ccc5ccccc54)c3)nc(-c3ccc4c(ccc5ccccc54)c3)n2)c(-c2cccc3c2sc2ccccc23)c1. The lowest BCUT2D eigenvalue weighted by atomic mass is 9.96. The van der Waals surface area contributed by atoms with Gasteiger partial charge in [0.1, 0.15) is 0 Å². The molecule has 70 heavy (non-hydrogen) atoms. The summed E-state index contributed by atoms with van der Waals surface area (Å²) in [6.45, 7) is 0. The summed E-state index contributed by atoms with van der Waals surface area (Å²) >= 11 is 1.84. The van der Waals surface area contributed by atoms with E-state index >= 15 is 0 Å². The second-order valence-corrected chi connectivity index (χ2v) is 19.4. The van der Waals surface area contributed by atoms with Crippen molar-refractivity contribution in [2.24, 2.45) is 0 Å². The van der Waals surface area contributed by atoms with Gasteiger partial charge in [0.15, 0.2) is 17.5 Å². The molecule has 0 aliphatic heterocycles. The van der Waals surface area contributed by atoms with Crippen molar-refractivity contribution in [2.45, 2.75) is 0 Å². The van der Waals surface area contributed by atoms with Gasteiger partial charge in [0.2, 0.25) is 0 Å². The van der Waals surface area contributed by atoms with Crippen LogP contribution in [-0.2, 0) is 0 Å². The number of benzene rings is 12. The zero-order chi connectivity index (χ0) is 45.9. The van der Waals surface area contributed by atoms with E-state index in [-0.39, 0.29) is 0 Å². The molecular weight excluding hydrogens is 869 g/mol. The molecule has 0 saturated carbocycles. The monoisotopic (exact) mass is 906 g/mol. The highest BCUT2D eigenvalue weighted by atomic mass is 32.1. The van der Waals surface area contributed by atoms with E-state index in [0.717, 1.165) is 55.3 Å². The highest BCUT2D eigenvalue weighted by Gasteiger charge is 2.22. The van der Waals surface area contributed by atoms with Crippen LogP contribution in [0.25, 0.3) is 147 Å². The normalized spacial score (nSPS) is 12.0. The minimum absolute atomic E-state index is 0.616. The molecule has 3 heterocycles. The molecule has 12 aromatic carbocycles. The summed E-state index contributed by atoms with van der Waals surface area (Å²) in [6, 6.07) is 83.6. The molecule has 15 rings (SSSR count). The Kier molecular flexibility index (Phi) is 8.49. The van der Waals surface area contributed by atoms with Crippen molar-refractivity contribution < 1.29 is 0 Å². The van der Waals surface area contributed by atoms with Gasteiger partial charge in [0.05, 0.1) is 11.0 Å². The van der Waals surface area contributed by atoms with Crippen LogP contribution in [0, 0.1) is 0 Å². The fourth-order valence-corrected chi connectivity index (χ4v) is 12.3.